The van der Waals surface area contributed by atoms with E-state index in [0.29, 0.717) is 49.6 Å². The van der Waals surface area contributed by atoms with E-state index in [1.165, 1.54) is 0 Å². The van der Waals surface area contributed by atoms with Crippen LogP contribution in [-0.4, -0.2) is 64.2 Å². The summed E-state index contributed by atoms with van der Waals surface area (Å²) in [4.78, 5) is 30.2. The Hall–Kier alpha value is -4.20. The van der Waals surface area contributed by atoms with Gasteiger partial charge in [0.05, 0.1) is 19.8 Å². The molecule has 3 heterocycles. The third-order valence-electron chi connectivity index (χ3n) is 6.97. The van der Waals surface area contributed by atoms with Gasteiger partial charge in [0.15, 0.2) is 18.1 Å². The summed E-state index contributed by atoms with van der Waals surface area (Å²) in [6.45, 7) is 1.37. The van der Waals surface area contributed by atoms with Gasteiger partial charge in [-0.25, -0.2) is 0 Å². The molecule has 0 aromatic heterocycles. The van der Waals surface area contributed by atoms with Gasteiger partial charge in [-0.2, -0.15) is 0 Å². The molecule has 3 aliphatic heterocycles. The van der Waals surface area contributed by atoms with Crippen LogP contribution in [0.15, 0.2) is 60.7 Å². The Morgan fingerprint density at radius 3 is 2.74 bits per heavy atom. The third kappa shape index (κ3) is 5.25. The average Bonchev–Trinajstić information content (AvgIpc) is 2.94. The number of rotatable bonds is 3. The van der Waals surface area contributed by atoms with Crippen molar-refractivity contribution in [2.75, 3.05) is 52.4 Å². The summed E-state index contributed by atoms with van der Waals surface area (Å²) in [6, 6.07) is 19.1. The summed E-state index contributed by atoms with van der Waals surface area (Å²) in [7, 11) is 5.50. The van der Waals surface area contributed by atoms with Crippen LogP contribution in [0.2, 0.25) is 0 Å². The molecule has 0 aliphatic carbocycles. The summed E-state index contributed by atoms with van der Waals surface area (Å²) in [5.74, 6) is 1.52. The van der Waals surface area contributed by atoms with Crippen LogP contribution >= 0.6 is 0 Å². The molecular weight excluding hydrogens is 482 g/mol. The number of anilines is 1. The molecule has 8 nitrogen and oxygen atoms in total. The lowest BCUT2D eigenvalue weighted by Crippen LogP contribution is -2.40. The lowest BCUT2D eigenvalue weighted by atomic mass is 9.87. The largest absolute Gasteiger partial charge is 0.494 e. The maximum absolute atomic E-state index is 14.0. The monoisotopic (exact) mass is 515 g/mol. The van der Waals surface area contributed by atoms with E-state index in [9.17, 15) is 9.59 Å². The molecule has 3 aromatic rings. The van der Waals surface area contributed by atoms with Crippen LogP contribution in [0.25, 0.3) is 0 Å². The Bertz CT molecular complexity index is 1340. The van der Waals surface area contributed by atoms with Gasteiger partial charge in [-0.1, -0.05) is 18.2 Å². The molecule has 1 N–H and O–H groups in total. The van der Waals surface area contributed by atoms with Crippen molar-refractivity contribution in [3.63, 3.8) is 0 Å². The maximum Gasteiger partial charge on any atom is 0.257 e. The number of carbonyl (C=O) groups excluding carboxylic acids is 2. The van der Waals surface area contributed by atoms with E-state index in [-0.39, 0.29) is 24.5 Å². The molecule has 0 saturated heterocycles. The topological polar surface area (TPSA) is 80.3 Å². The van der Waals surface area contributed by atoms with Gasteiger partial charge in [-0.3, -0.25) is 9.59 Å². The number of ether oxygens (including phenoxy) is 3. The molecule has 0 spiro atoms. The quantitative estimate of drug-likeness (QED) is 0.571. The molecule has 3 aromatic carbocycles. The SMILES string of the molecule is COc1cc2c3cc1OCC(=O)NCCCOc1cccc(c1)C2N(C(=O)c1cccc(N(C)C)c1)CC3. The number of hydrogen-bond donors (Lipinski definition) is 1. The number of amides is 2. The van der Waals surface area contributed by atoms with Crippen molar-refractivity contribution >= 4 is 17.5 Å². The first kappa shape index (κ1) is 25.4. The van der Waals surface area contributed by atoms with Gasteiger partial charge >= 0.3 is 0 Å². The smallest absolute Gasteiger partial charge is 0.257 e. The Kier molecular flexibility index (Phi) is 7.40. The minimum absolute atomic E-state index is 0.0407. The summed E-state index contributed by atoms with van der Waals surface area (Å²) in [5, 5.41) is 2.86. The summed E-state index contributed by atoms with van der Waals surface area (Å²) in [6.07, 6.45) is 1.31. The number of fused-ring (bicyclic) bond motifs is 8. The molecule has 1 atom stereocenters. The van der Waals surface area contributed by atoms with Crippen LogP contribution in [0.1, 0.15) is 39.5 Å². The van der Waals surface area contributed by atoms with Gasteiger partial charge in [0.25, 0.3) is 11.8 Å². The lowest BCUT2D eigenvalue weighted by Gasteiger charge is -2.38. The van der Waals surface area contributed by atoms with Crippen LogP contribution < -0.4 is 24.4 Å². The zero-order chi connectivity index (χ0) is 26.6. The number of carbonyl (C=O) groups is 2. The number of benzene rings is 3. The van der Waals surface area contributed by atoms with Gasteiger partial charge in [0.1, 0.15) is 5.75 Å². The van der Waals surface area contributed by atoms with E-state index in [2.05, 4.69) is 5.32 Å². The Balaban J connectivity index is 1.62. The number of hydrogen-bond acceptors (Lipinski definition) is 6. The van der Waals surface area contributed by atoms with Crippen molar-refractivity contribution in [3.8, 4) is 17.2 Å². The summed E-state index contributed by atoms with van der Waals surface area (Å²) >= 11 is 0. The van der Waals surface area contributed by atoms with Crippen LogP contribution in [0.3, 0.4) is 0 Å². The van der Waals surface area contributed by atoms with Crippen LogP contribution in [-0.2, 0) is 11.2 Å². The second-order valence-corrected chi connectivity index (χ2v) is 9.71. The van der Waals surface area contributed by atoms with Gasteiger partial charge in [0, 0.05) is 38.4 Å². The molecule has 0 radical (unpaired) electrons. The van der Waals surface area contributed by atoms with Crippen molar-refractivity contribution in [2.45, 2.75) is 18.9 Å². The minimum Gasteiger partial charge on any atom is -0.494 e. The normalized spacial score (nSPS) is 17.2. The predicted molar refractivity (Wildman–Crippen MR) is 145 cm³/mol. The highest BCUT2D eigenvalue weighted by molar-refractivity contribution is 5.96. The third-order valence-corrected chi connectivity index (χ3v) is 6.97. The molecule has 38 heavy (non-hydrogen) atoms. The minimum atomic E-state index is -0.350. The van der Waals surface area contributed by atoms with Crippen LogP contribution in [0.5, 0.6) is 17.2 Å². The van der Waals surface area contributed by atoms with Crippen LogP contribution in [0.4, 0.5) is 5.69 Å². The summed E-state index contributed by atoms with van der Waals surface area (Å²) in [5.41, 5.74) is 4.57. The highest BCUT2D eigenvalue weighted by Gasteiger charge is 2.34. The highest BCUT2D eigenvalue weighted by Crippen LogP contribution is 2.42. The van der Waals surface area contributed by atoms with E-state index in [1.54, 1.807) is 7.11 Å². The fraction of sp³-hybridized carbons (Fsp3) is 0.333. The second kappa shape index (κ2) is 11.0. The standard InChI is InChI=1S/C30H33N3O5/c1-32(2)23-9-4-8-22(15-23)30(35)33-13-11-20-17-27-26(36-3)18-25(20)29(33)21-7-5-10-24(16-21)37-14-6-12-31-28(34)19-38-27/h4-5,7-10,15-18,29H,6,11-14,19H2,1-3H3,(H,31,34). The first-order valence-electron chi connectivity index (χ1n) is 12.9. The van der Waals surface area contributed by atoms with Crippen molar-refractivity contribution in [3.05, 3.63) is 82.9 Å². The first-order chi connectivity index (χ1) is 18.4. The second-order valence-electron chi connectivity index (χ2n) is 9.71. The molecule has 0 fully saturated rings. The summed E-state index contributed by atoms with van der Waals surface area (Å²) < 4.78 is 17.5. The molecule has 0 saturated carbocycles. The van der Waals surface area contributed by atoms with Crippen LogP contribution in [0, 0.1) is 0 Å². The molecule has 3 aliphatic rings. The molecule has 1 unspecified atom stereocenters. The van der Waals surface area contributed by atoms with Crippen molar-refractivity contribution in [1.29, 1.82) is 0 Å². The number of nitrogens with one attached hydrogen (secondary N) is 1. The number of nitrogens with zero attached hydrogens (tertiary/aromatic N) is 2. The molecule has 8 heteroatoms. The molecule has 2 amide bonds. The fourth-order valence-electron chi connectivity index (χ4n) is 5.02. The van der Waals surface area contributed by atoms with Gasteiger partial charge in [-0.15, -0.1) is 0 Å². The van der Waals surface area contributed by atoms with Crippen molar-refractivity contribution in [1.82, 2.24) is 10.2 Å². The Morgan fingerprint density at radius 1 is 1.08 bits per heavy atom. The maximum atomic E-state index is 14.0. The van der Waals surface area contributed by atoms with Gasteiger partial charge < -0.3 is 29.3 Å². The first-order valence-corrected chi connectivity index (χ1v) is 12.9. The van der Waals surface area contributed by atoms with E-state index in [1.807, 2.05) is 84.6 Å². The highest BCUT2D eigenvalue weighted by atomic mass is 16.5. The zero-order valence-corrected chi connectivity index (χ0v) is 22.0. The van der Waals surface area contributed by atoms with Crippen molar-refractivity contribution in [2.24, 2.45) is 0 Å². The number of methoxy groups -OCH3 is 1. The zero-order valence-electron chi connectivity index (χ0n) is 22.0. The fourth-order valence-corrected chi connectivity index (χ4v) is 5.02. The average molecular weight is 516 g/mol. The van der Waals surface area contributed by atoms with Crippen molar-refractivity contribution < 1.29 is 23.8 Å². The van der Waals surface area contributed by atoms with E-state index < -0.39 is 0 Å². The van der Waals surface area contributed by atoms with E-state index in [4.69, 9.17) is 14.2 Å². The molecular formula is C30H33N3O5. The predicted octanol–water partition coefficient (Wildman–Crippen LogP) is 3.83. The Labute approximate surface area is 223 Å². The lowest BCUT2D eigenvalue weighted by molar-refractivity contribution is -0.123. The van der Waals surface area contributed by atoms with E-state index >= 15 is 0 Å². The van der Waals surface area contributed by atoms with Gasteiger partial charge in [0.2, 0.25) is 0 Å². The van der Waals surface area contributed by atoms with E-state index in [0.717, 1.165) is 28.1 Å². The molecule has 198 valence electrons. The Morgan fingerprint density at radius 2 is 1.92 bits per heavy atom. The molecule has 6 rings (SSSR count). The van der Waals surface area contributed by atoms with Gasteiger partial charge in [-0.05, 0) is 72.0 Å². The molecule has 6 bridgehead atoms.